The van der Waals surface area contributed by atoms with Crippen LogP contribution in [0.4, 0.5) is 0 Å². The molecule has 1 fully saturated rings. The van der Waals surface area contributed by atoms with Crippen molar-refractivity contribution in [2.24, 2.45) is 11.1 Å². The van der Waals surface area contributed by atoms with E-state index in [2.05, 4.69) is 17.9 Å². The second kappa shape index (κ2) is 5.51. The predicted octanol–water partition coefficient (Wildman–Crippen LogP) is 1.78. The molecule has 1 saturated carbocycles. The van der Waals surface area contributed by atoms with E-state index in [0.29, 0.717) is 11.5 Å². The minimum atomic E-state index is 0.340. The molecule has 3 nitrogen and oxygen atoms in total. The Morgan fingerprint density at radius 3 is 2.94 bits per heavy atom. The molecule has 2 N–H and O–H groups in total. The van der Waals surface area contributed by atoms with E-state index in [1.807, 2.05) is 0 Å². The Bertz CT molecular complexity index is 290. The summed E-state index contributed by atoms with van der Waals surface area (Å²) < 4.78 is 5.18. The number of hydrogen-bond acceptors (Lipinski definition) is 3. The minimum absolute atomic E-state index is 0.340. The first-order chi connectivity index (χ1) is 8.14. The van der Waals surface area contributed by atoms with Gasteiger partial charge >= 0.3 is 0 Å². The SMILES string of the molecule is COCC1=CCN(CC2(C)CCCC2N)CC1. The molecule has 2 rings (SSSR count). The van der Waals surface area contributed by atoms with Crippen LogP contribution < -0.4 is 5.73 Å². The molecule has 0 amide bonds. The van der Waals surface area contributed by atoms with Gasteiger partial charge in [0.1, 0.15) is 0 Å². The van der Waals surface area contributed by atoms with Crippen LogP contribution in [0, 0.1) is 5.41 Å². The molecule has 0 radical (unpaired) electrons. The molecule has 2 atom stereocenters. The predicted molar refractivity (Wildman–Crippen MR) is 70.9 cm³/mol. The lowest BCUT2D eigenvalue weighted by atomic mass is 9.84. The fraction of sp³-hybridized carbons (Fsp3) is 0.857. The Morgan fingerprint density at radius 2 is 2.41 bits per heavy atom. The Morgan fingerprint density at radius 1 is 1.59 bits per heavy atom. The van der Waals surface area contributed by atoms with Crippen LogP contribution >= 0.6 is 0 Å². The third kappa shape index (κ3) is 3.09. The van der Waals surface area contributed by atoms with Crippen molar-refractivity contribution in [3.63, 3.8) is 0 Å². The molecule has 0 bridgehead atoms. The van der Waals surface area contributed by atoms with Crippen LogP contribution in [0.15, 0.2) is 11.6 Å². The molecule has 17 heavy (non-hydrogen) atoms. The van der Waals surface area contributed by atoms with Gasteiger partial charge in [0.05, 0.1) is 6.61 Å². The first-order valence-electron chi connectivity index (χ1n) is 6.79. The number of methoxy groups -OCH3 is 1. The number of nitrogens with zero attached hydrogens (tertiary/aromatic N) is 1. The summed E-state index contributed by atoms with van der Waals surface area (Å²) in [6, 6.07) is 0.395. The average Bonchev–Trinajstić information content (AvgIpc) is 2.62. The van der Waals surface area contributed by atoms with Crippen molar-refractivity contribution in [3.05, 3.63) is 11.6 Å². The van der Waals surface area contributed by atoms with E-state index in [1.54, 1.807) is 7.11 Å². The largest absolute Gasteiger partial charge is 0.380 e. The van der Waals surface area contributed by atoms with Gasteiger partial charge in [0.2, 0.25) is 0 Å². The summed E-state index contributed by atoms with van der Waals surface area (Å²) in [5.41, 5.74) is 8.03. The molecular formula is C14H26N2O. The average molecular weight is 238 g/mol. The lowest BCUT2D eigenvalue weighted by Crippen LogP contribution is -2.45. The summed E-state index contributed by atoms with van der Waals surface area (Å²) in [6.45, 7) is 6.55. The van der Waals surface area contributed by atoms with Crippen LogP contribution in [0.5, 0.6) is 0 Å². The number of nitrogens with two attached hydrogens (primary N) is 1. The smallest absolute Gasteiger partial charge is 0.0673 e. The summed E-state index contributed by atoms with van der Waals surface area (Å²) in [7, 11) is 1.77. The van der Waals surface area contributed by atoms with E-state index in [9.17, 15) is 0 Å². The van der Waals surface area contributed by atoms with Gasteiger partial charge in [-0.05, 0) is 30.3 Å². The van der Waals surface area contributed by atoms with Gasteiger partial charge in [-0.15, -0.1) is 0 Å². The molecule has 3 heteroatoms. The van der Waals surface area contributed by atoms with Gasteiger partial charge in [0, 0.05) is 32.8 Å². The number of ether oxygens (including phenoxy) is 1. The van der Waals surface area contributed by atoms with Crippen LogP contribution in [0.3, 0.4) is 0 Å². The molecule has 0 saturated heterocycles. The van der Waals surface area contributed by atoms with E-state index in [1.165, 1.54) is 24.8 Å². The fourth-order valence-corrected chi connectivity index (χ4v) is 3.18. The molecule has 2 unspecified atom stereocenters. The molecule has 0 aromatic rings. The molecule has 2 aliphatic rings. The monoisotopic (exact) mass is 238 g/mol. The van der Waals surface area contributed by atoms with E-state index in [4.69, 9.17) is 10.5 Å². The van der Waals surface area contributed by atoms with Crippen LogP contribution in [0.25, 0.3) is 0 Å². The Balaban J connectivity index is 1.85. The van der Waals surface area contributed by atoms with Crippen molar-refractivity contribution in [2.75, 3.05) is 33.4 Å². The molecule has 1 heterocycles. The molecule has 1 aliphatic heterocycles. The van der Waals surface area contributed by atoms with Gasteiger partial charge in [-0.1, -0.05) is 19.4 Å². The van der Waals surface area contributed by atoms with Gasteiger partial charge in [0.15, 0.2) is 0 Å². The van der Waals surface area contributed by atoms with Crippen molar-refractivity contribution in [2.45, 2.75) is 38.6 Å². The fourth-order valence-electron chi connectivity index (χ4n) is 3.18. The van der Waals surface area contributed by atoms with E-state index in [-0.39, 0.29) is 0 Å². The summed E-state index contributed by atoms with van der Waals surface area (Å²) in [5, 5.41) is 0. The Hall–Kier alpha value is -0.380. The zero-order chi connectivity index (χ0) is 12.3. The zero-order valence-electron chi connectivity index (χ0n) is 11.2. The highest BCUT2D eigenvalue weighted by Crippen LogP contribution is 2.37. The van der Waals surface area contributed by atoms with E-state index < -0.39 is 0 Å². The van der Waals surface area contributed by atoms with Gasteiger partial charge in [0.25, 0.3) is 0 Å². The Kier molecular flexibility index (Phi) is 4.23. The third-order valence-corrected chi connectivity index (χ3v) is 4.46. The van der Waals surface area contributed by atoms with Gasteiger partial charge < -0.3 is 10.5 Å². The second-order valence-corrected chi connectivity index (χ2v) is 5.93. The van der Waals surface area contributed by atoms with Crippen LogP contribution in [-0.2, 0) is 4.74 Å². The Labute approximate surface area is 105 Å². The quantitative estimate of drug-likeness (QED) is 0.759. The highest BCUT2D eigenvalue weighted by Gasteiger charge is 2.37. The highest BCUT2D eigenvalue weighted by atomic mass is 16.5. The van der Waals surface area contributed by atoms with Crippen molar-refractivity contribution in [1.29, 1.82) is 0 Å². The van der Waals surface area contributed by atoms with E-state index >= 15 is 0 Å². The number of rotatable bonds is 4. The molecule has 0 aromatic carbocycles. The van der Waals surface area contributed by atoms with Gasteiger partial charge in [-0.2, -0.15) is 0 Å². The molecule has 98 valence electrons. The summed E-state index contributed by atoms with van der Waals surface area (Å²) in [4.78, 5) is 2.55. The normalized spacial score (nSPS) is 35.0. The van der Waals surface area contributed by atoms with Gasteiger partial charge in [-0.25, -0.2) is 0 Å². The number of hydrogen-bond donors (Lipinski definition) is 1. The van der Waals surface area contributed by atoms with Crippen LogP contribution in [0.2, 0.25) is 0 Å². The van der Waals surface area contributed by atoms with Gasteiger partial charge in [-0.3, -0.25) is 4.90 Å². The maximum absolute atomic E-state index is 6.24. The zero-order valence-corrected chi connectivity index (χ0v) is 11.2. The van der Waals surface area contributed by atoms with Crippen molar-refractivity contribution in [1.82, 2.24) is 4.90 Å². The summed E-state index contributed by atoms with van der Waals surface area (Å²) >= 11 is 0. The van der Waals surface area contributed by atoms with E-state index in [0.717, 1.165) is 32.7 Å². The minimum Gasteiger partial charge on any atom is -0.380 e. The maximum atomic E-state index is 6.24. The highest BCUT2D eigenvalue weighted by molar-refractivity contribution is 5.08. The third-order valence-electron chi connectivity index (χ3n) is 4.46. The van der Waals surface area contributed by atoms with Crippen molar-refractivity contribution in [3.8, 4) is 0 Å². The standard InChI is InChI=1S/C14H26N2O/c1-14(7-3-4-13(14)15)11-16-8-5-12(6-9-16)10-17-2/h5,13H,3-4,6-11,15H2,1-2H3. The second-order valence-electron chi connectivity index (χ2n) is 5.93. The van der Waals surface area contributed by atoms with Crippen molar-refractivity contribution < 1.29 is 4.74 Å². The lowest BCUT2D eigenvalue weighted by Gasteiger charge is -2.37. The van der Waals surface area contributed by atoms with Crippen LogP contribution in [0.1, 0.15) is 32.6 Å². The molecular weight excluding hydrogens is 212 g/mol. The summed E-state index contributed by atoms with van der Waals surface area (Å²) in [5.74, 6) is 0. The molecule has 0 aromatic heterocycles. The lowest BCUT2D eigenvalue weighted by molar-refractivity contribution is 0.155. The topological polar surface area (TPSA) is 38.5 Å². The molecule has 1 aliphatic carbocycles. The first-order valence-corrected chi connectivity index (χ1v) is 6.79. The molecule has 0 spiro atoms. The summed E-state index contributed by atoms with van der Waals surface area (Å²) in [6.07, 6.45) is 7.28. The maximum Gasteiger partial charge on any atom is 0.0673 e. The van der Waals surface area contributed by atoms with Crippen molar-refractivity contribution >= 4 is 0 Å². The first kappa shape index (κ1) is 13.1. The van der Waals surface area contributed by atoms with Crippen LogP contribution in [-0.4, -0.2) is 44.3 Å².